The van der Waals surface area contributed by atoms with Gasteiger partial charge in [-0.2, -0.15) is 0 Å². The predicted octanol–water partition coefficient (Wildman–Crippen LogP) is 0.298. The molecule has 6 heteroatoms. The highest BCUT2D eigenvalue weighted by atomic mass is 16.7. The van der Waals surface area contributed by atoms with Gasteiger partial charge in [0.15, 0.2) is 6.29 Å². The lowest BCUT2D eigenvalue weighted by Gasteiger charge is -2.43. The Morgan fingerprint density at radius 3 is 2.00 bits per heavy atom. The minimum atomic E-state index is -1.30. The fourth-order valence-electron chi connectivity index (χ4n) is 2.16. The summed E-state index contributed by atoms with van der Waals surface area (Å²) in [6, 6.07) is 0. The zero-order valence-electron chi connectivity index (χ0n) is 12.3. The first-order valence-electron chi connectivity index (χ1n) is 6.68. The zero-order valence-corrected chi connectivity index (χ0v) is 12.3. The van der Waals surface area contributed by atoms with Gasteiger partial charge in [0.25, 0.3) is 0 Å². The Balaban J connectivity index is 2.87. The number of ether oxygens (including phenoxy) is 4. The summed E-state index contributed by atoms with van der Waals surface area (Å²) >= 11 is 0. The van der Waals surface area contributed by atoms with Crippen LogP contribution >= 0.6 is 0 Å². The Morgan fingerprint density at radius 2 is 1.53 bits per heavy atom. The molecule has 0 spiro atoms. The Labute approximate surface area is 114 Å². The second-order valence-electron chi connectivity index (χ2n) is 5.31. The normalized spacial score (nSPS) is 36.2. The monoisotopic (exact) mass is 278 g/mol. The molecule has 1 aliphatic heterocycles. The number of methoxy groups -OCH3 is 1. The number of hydrogen-bond acceptors (Lipinski definition) is 6. The van der Waals surface area contributed by atoms with Gasteiger partial charge in [-0.05, 0) is 27.7 Å². The van der Waals surface area contributed by atoms with E-state index in [1.165, 1.54) is 0 Å². The highest BCUT2D eigenvalue weighted by molar-refractivity contribution is 4.91. The van der Waals surface area contributed by atoms with Crippen LogP contribution in [0.3, 0.4) is 0 Å². The van der Waals surface area contributed by atoms with Crippen LogP contribution in [0.4, 0.5) is 0 Å². The van der Waals surface area contributed by atoms with E-state index >= 15 is 0 Å². The molecule has 2 N–H and O–H groups in total. The van der Waals surface area contributed by atoms with Gasteiger partial charge in [0, 0.05) is 7.11 Å². The number of aliphatic hydroxyl groups is 2. The lowest BCUT2D eigenvalue weighted by atomic mass is 9.98. The molecular weight excluding hydrogens is 252 g/mol. The van der Waals surface area contributed by atoms with E-state index in [1.807, 2.05) is 27.7 Å². The highest BCUT2D eigenvalue weighted by Gasteiger charge is 2.46. The molecule has 0 aromatic rings. The minimum absolute atomic E-state index is 0.0475. The second-order valence-corrected chi connectivity index (χ2v) is 5.31. The summed E-state index contributed by atoms with van der Waals surface area (Å²) in [4.78, 5) is 0. The first-order chi connectivity index (χ1) is 8.86. The van der Waals surface area contributed by atoms with Crippen molar-refractivity contribution in [2.45, 2.75) is 70.6 Å². The van der Waals surface area contributed by atoms with Crippen molar-refractivity contribution in [1.82, 2.24) is 0 Å². The van der Waals surface area contributed by atoms with Gasteiger partial charge in [0.05, 0.1) is 18.8 Å². The summed E-state index contributed by atoms with van der Waals surface area (Å²) in [6.45, 7) is 7.79. The van der Waals surface area contributed by atoms with Crippen LogP contribution in [0.25, 0.3) is 0 Å². The molecule has 1 fully saturated rings. The van der Waals surface area contributed by atoms with E-state index in [0.29, 0.717) is 0 Å². The predicted molar refractivity (Wildman–Crippen MR) is 68.8 cm³/mol. The molecule has 0 aromatic heterocycles. The lowest BCUT2D eigenvalue weighted by Crippen LogP contribution is -2.61. The van der Waals surface area contributed by atoms with Crippen molar-refractivity contribution < 1.29 is 29.2 Å². The van der Waals surface area contributed by atoms with Crippen LogP contribution in [0.1, 0.15) is 27.7 Å². The summed E-state index contributed by atoms with van der Waals surface area (Å²) < 4.78 is 21.9. The van der Waals surface area contributed by atoms with E-state index in [2.05, 4.69) is 0 Å². The SMILES string of the molecule is COCC1O[C@@H](O)C(O)[C@@H](OC(C)C)C1OC(C)C. The molecule has 0 bridgehead atoms. The van der Waals surface area contributed by atoms with Crippen molar-refractivity contribution in [3.63, 3.8) is 0 Å². The van der Waals surface area contributed by atoms with Gasteiger partial charge in [-0.3, -0.25) is 0 Å². The first-order valence-corrected chi connectivity index (χ1v) is 6.68. The third-order valence-corrected chi connectivity index (χ3v) is 2.82. The van der Waals surface area contributed by atoms with Crippen LogP contribution in [0.15, 0.2) is 0 Å². The number of rotatable bonds is 6. The molecule has 0 aliphatic carbocycles. The van der Waals surface area contributed by atoms with Gasteiger partial charge in [-0.1, -0.05) is 0 Å². The van der Waals surface area contributed by atoms with Crippen LogP contribution in [0.2, 0.25) is 0 Å². The maximum Gasteiger partial charge on any atom is 0.184 e. The van der Waals surface area contributed by atoms with Crippen molar-refractivity contribution in [3.8, 4) is 0 Å². The van der Waals surface area contributed by atoms with Crippen LogP contribution < -0.4 is 0 Å². The topological polar surface area (TPSA) is 77.4 Å². The summed E-state index contributed by atoms with van der Waals surface area (Å²) in [7, 11) is 1.55. The van der Waals surface area contributed by atoms with Crippen molar-refractivity contribution in [1.29, 1.82) is 0 Å². The summed E-state index contributed by atoms with van der Waals surface area (Å²) in [6.07, 6.45) is -4.18. The molecule has 1 aliphatic rings. The van der Waals surface area contributed by atoms with Crippen LogP contribution in [0.5, 0.6) is 0 Å². The molecule has 0 radical (unpaired) electrons. The average molecular weight is 278 g/mol. The Kier molecular flexibility index (Phi) is 6.65. The Morgan fingerprint density at radius 1 is 1.00 bits per heavy atom. The van der Waals surface area contributed by atoms with Crippen molar-refractivity contribution >= 4 is 0 Å². The van der Waals surface area contributed by atoms with Gasteiger partial charge < -0.3 is 29.2 Å². The summed E-state index contributed by atoms with van der Waals surface area (Å²) in [5.74, 6) is 0. The van der Waals surface area contributed by atoms with E-state index in [1.54, 1.807) is 7.11 Å². The summed E-state index contributed by atoms with van der Waals surface area (Å²) in [5, 5.41) is 19.8. The van der Waals surface area contributed by atoms with Crippen LogP contribution in [-0.2, 0) is 18.9 Å². The van der Waals surface area contributed by atoms with E-state index in [-0.39, 0.29) is 18.8 Å². The zero-order chi connectivity index (χ0) is 14.6. The van der Waals surface area contributed by atoms with Crippen LogP contribution in [-0.4, -0.2) is 66.8 Å². The quantitative estimate of drug-likeness (QED) is 0.727. The van der Waals surface area contributed by atoms with Crippen molar-refractivity contribution in [3.05, 3.63) is 0 Å². The van der Waals surface area contributed by atoms with Gasteiger partial charge >= 0.3 is 0 Å². The summed E-state index contributed by atoms with van der Waals surface area (Å²) in [5.41, 5.74) is 0. The third kappa shape index (κ3) is 4.66. The molecule has 0 aromatic carbocycles. The molecule has 1 heterocycles. The molecule has 19 heavy (non-hydrogen) atoms. The molecule has 0 amide bonds. The number of aliphatic hydroxyl groups excluding tert-OH is 2. The van der Waals surface area contributed by atoms with Gasteiger partial charge in [-0.15, -0.1) is 0 Å². The largest absolute Gasteiger partial charge is 0.385 e. The molecule has 1 rings (SSSR count). The van der Waals surface area contributed by atoms with Gasteiger partial charge in [-0.25, -0.2) is 0 Å². The van der Waals surface area contributed by atoms with Gasteiger partial charge in [0.2, 0.25) is 0 Å². The fourth-order valence-corrected chi connectivity index (χ4v) is 2.16. The molecule has 114 valence electrons. The second kappa shape index (κ2) is 7.52. The van der Waals surface area contributed by atoms with E-state index in [4.69, 9.17) is 18.9 Å². The highest BCUT2D eigenvalue weighted by Crippen LogP contribution is 2.27. The number of hydrogen-bond donors (Lipinski definition) is 2. The van der Waals surface area contributed by atoms with Crippen molar-refractivity contribution in [2.75, 3.05) is 13.7 Å². The molecular formula is C13H26O6. The smallest absolute Gasteiger partial charge is 0.184 e. The van der Waals surface area contributed by atoms with Gasteiger partial charge in [0.1, 0.15) is 24.4 Å². The Hall–Kier alpha value is -0.240. The van der Waals surface area contributed by atoms with Crippen molar-refractivity contribution in [2.24, 2.45) is 0 Å². The maximum absolute atomic E-state index is 10.0. The molecule has 0 saturated carbocycles. The minimum Gasteiger partial charge on any atom is -0.385 e. The average Bonchev–Trinajstić information content (AvgIpc) is 2.29. The van der Waals surface area contributed by atoms with E-state index in [0.717, 1.165) is 0 Å². The Bertz CT molecular complexity index is 258. The fraction of sp³-hybridized carbons (Fsp3) is 1.00. The maximum atomic E-state index is 10.0. The lowest BCUT2D eigenvalue weighted by molar-refractivity contribution is -0.310. The standard InChI is InChI=1S/C13H26O6/c1-7(2)17-11-9(6-16-5)19-13(15)10(14)12(11)18-8(3)4/h7-15H,6H2,1-5H3/t9?,10?,11?,12-,13-/m1/s1. The van der Waals surface area contributed by atoms with Crippen LogP contribution in [0, 0.1) is 0 Å². The molecule has 6 nitrogen and oxygen atoms in total. The van der Waals surface area contributed by atoms with E-state index < -0.39 is 30.7 Å². The third-order valence-electron chi connectivity index (χ3n) is 2.82. The molecule has 1 saturated heterocycles. The molecule has 3 unspecified atom stereocenters. The molecule has 5 atom stereocenters. The first kappa shape index (κ1) is 16.8. The van der Waals surface area contributed by atoms with E-state index in [9.17, 15) is 10.2 Å².